The van der Waals surface area contributed by atoms with Crippen LogP contribution in [0.15, 0.2) is 0 Å². The molecule has 0 bridgehead atoms. The Morgan fingerprint density at radius 2 is 2.00 bits per heavy atom. The average Bonchev–Trinajstić information content (AvgIpc) is 2.62. The highest BCUT2D eigenvalue weighted by atomic mass is 35.5. The Bertz CT molecular complexity index is 201. The molecule has 1 saturated heterocycles. The Hall–Kier alpha value is 0.250. The predicted octanol–water partition coefficient (Wildman–Crippen LogP) is 3.99. The molecule has 2 unspecified atom stereocenters. The summed E-state index contributed by atoms with van der Waals surface area (Å²) in [7, 11) is 0. The van der Waals surface area contributed by atoms with E-state index in [4.69, 9.17) is 16.3 Å². The molecule has 1 nitrogen and oxygen atoms in total. The predicted molar refractivity (Wildman–Crippen MR) is 64.4 cm³/mol. The van der Waals surface area contributed by atoms with Gasteiger partial charge in [0.05, 0.1) is 6.10 Å². The highest BCUT2D eigenvalue weighted by molar-refractivity contribution is 6.18. The maximum absolute atomic E-state index is 6.20. The van der Waals surface area contributed by atoms with Crippen molar-refractivity contribution in [2.75, 3.05) is 12.5 Å². The lowest BCUT2D eigenvalue weighted by Crippen LogP contribution is -2.33. The summed E-state index contributed by atoms with van der Waals surface area (Å²) in [5.41, 5.74) is 0.295. The van der Waals surface area contributed by atoms with E-state index in [-0.39, 0.29) is 0 Å². The van der Waals surface area contributed by atoms with Crippen LogP contribution >= 0.6 is 11.6 Å². The minimum absolute atomic E-state index is 0.295. The van der Waals surface area contributed by atoms with Gasteiger partial charge in [-0.1, -0.05) is 32.1 Å². The zero-order chi connectivity index (χ0) is 10.7. The van der Waals surface area contributed by atoms with Gasteiger partial charge in [-0.25, -0.2) is 0 Å². The quantitative estimate of drug-likeness (QED) is 0.667. The summed E-state index contributed by atoms with van der Waals surface area (Å²) in [5, 5.41) is 0. The second-order valence-electron chi connectivity index (χ2n) is 5.47. The topological polar surface area (TPSA) is 9.23 Å². The van der Waals surface area contributed by atoms with Crippen molar-refractivity contribution in [3.8, 4) is 0 Å². The van der Waals surface area contributed by atoms with E-state index in [2.05, 4.69) is 6.92 Å². The van der Waals surface area contributed by atoms with Crippen molar-refractivity contribution >= 4 is 11.6 Å². The third-order valence-electron chi connectivity index (χ3n) is 4.52. The molecule has 1 aliphatic carbocycles. The first-order valence-corrected chi connectivity index (χ1v) is 6.98. The highest BCUT2D eigenvalue weighted by Crippen LogP contribution is 2.44. The summed E-state index contributed by atoms with van der Waals surface area (Å²) in [5.74, 6) is 1.70. The molecule has 0 aromatic carbocycles. The lowest BCUT2D eigenvalue weighted by molar-refractivity contribution is 0.0571. The van der Waals surface area contributed by atoms with E-state index in [1.54, 1.807) is 0 Å². The van der Waals surface area contributed by atoms with Crippen LogP contribution in [0.2, 0.25) is 0 Å². The van der Waals surface area contributed by atoms with Gasteiger partial charge in [-0.3, -0.25) is 0 Å². The lowest BCUT2D eigenvalue weighted by Gasteiger charge is -2.35. The molecule has 1 saturated carbocycles. The third-order valence-corrected chi connectivity index (χ3v) is 5.05. The van der Waals surface area contributed by atoms with Gasteiger partial charge in [0.25, 0.3) is 0 Å². The van der Waals surface area contributed by atoms with Crippen LogP contribution in [0.25, 0.3) is 0 Å². The number of hydrogen-bond acceptors (Lipinski definition) is 1. The van der Waals surface area contributed by atoms with E-state index in [1.165, 1.54) is 44.9 Å². The van der Waals surface area contributed by atoms with E-state index in [0.717, 1.165) is 18.4 Å². The molecule has 0 N–H and O–H groups in total. The molecule has 0 amide bonds. The Kier molecular flexibility index (Phi) is 3.95. The fourth-order valence-electron chi connectivity index (χ4n) is 3.28. The van der Waals surface area contributed by atoms with Gasteiger partial charge in [0.1, 0.15) is 0 Å². The van der Waals surface area contributed by atoms with Gasteiger partial charge >= 0.3 is 0 Å². The molecule has 0 spiro atoms. The van der Waals surface area contributed by atoms with Gasteiger partial charge in [0.2, 0.25) is 0 Å². The number of alkyl halides is 1. The fraction of sp³-hybridized carbons (Fsp3) is 1.00. The van der Waals surface area contributed by atoms with Gasteiger partial charge in [0.15, 0.2) is 0 Å². The summed E-state index contributed by atoms with van der Waals surface area (Å²) >= 11 is 6.20. The molecule has 2 rings (SSSR count). The van der Waals surface area contributed by atoms with Crippen molar-refractivity contribution < 1.29 is 4.74 Å². The first kappa shape index (κ1) is 11.7. The van der Waals surface area contributed by atoms with Crippen LogP contribution in [-0.4, -0.2) is 18.6 Å². The average molecular weight is 231 g/mol. The molecule has 15 heavy (non-hydrogen) atoms. The number of rotatable bonds is 3. The molecule has 1 heterocycles. The summed E-state index contributed by atoms with van der Waals surface area (Å²) in [6.07, 6.45) is 9.99. The number of halogens is 1. The maximum Gasteiger partial charge on any atom is 0.0615 e. The molecule has 2 heteroatoms. The monoisotopic (exact) mass is 230 g/mol. The van der Waals surface area contributed by atoms with Crippen molar-refractivity contribution in [1.82, 2.24) is 0 Å². The summed E-state index contributed by atoms with van der Waals surface area (Å²) in [6, 6.07) is 0. The SMILES string of the molecule is CC1OCCC1(CCl)CC1CCCCC1. The molecular formula is C13H23ClO. The van der Waals surface area contributed by atoms with Gasteiger partial charge in [-0.05, 0) is 25.7 Å². The molecule has 0 aromatic rings. The Morgan fingerprint density at radius 1 is 1.27 bits per heavy atom. The molecule has 2 atom stereocenters. The number of hydrogen-bond donors (Lipinski definition) is 0. The van der Waals surface area contributed by atoms with Crippen LogP contribution in [0.5, 0.6) is 0 Å². The molecular weight excluding hydrogens is 208 g/mol. The second kappa shape index (κ2) is 5.05. The standard InChI is InChI=1S/C13H23ClO/c1-11-13(10-14,7-8-15-11)9-12-5-3-2-4-6-12/h11-12H,2-10H2,1H3. The molecule has 2 aliphatic rings. The first-order valence-electron chi connectivity index (χ1n) is 6.44. The van der Waals surface area contributed by atoms with Crippen LogP contribution in [0.4, 0.5) is 0 Å². The van der Waals surface area contributed by atoms with Gasteiger partial charge in [-0.15, -0.1) is 11.6 Å². The highest BCUT2D eigenvalue weighted by Gasteiger charge is 2.42. The zero-order valence-corrected chi connectivity index (χ0v) is 10.6. The maximum atomic E-state index is 6.20. The molecule has 0 aromatic heterocycles. The molecule has 0 radical (unpaired) electrons. The zero-order valence-electron chi connectivity index (χ0n) is 9.80. The Balaban J connectivity index is 1.94. The lowest BCUT2D eigenvalue weighted by atomic mass is 9.72. The van der Waals surface area contributed by atoms with Crippen molar-refractivity contribution in [3.05, 3.63) is 0 Å². The van der Waals surface area contributed by atoms with E-state index in [1.807, 2.05) is 0 Å². The Labute approximate surface area is 98.5 Å². The minimum Gasteiger partial charge on any atom is -0.378 e. The summed E-state index contributed by atoms with van der Waals surface area (Å²) in [4.78, 5) is 0. The van der Waals surface area contributed by atoms with Crippen molar-refractivity contribution in [1.29, 1.82) is 0 Å². The van der Waals surface area contributed by atoms with E-state index >= 15 is 0 Å². The van der Waals surface area contributed by atoms with Gasteiger partial charge in [0, 0.05) is 17.9 Å². The van der Waals surface area contributed by atoms with Gasteiger partial charge < -0.3 is 4.74 Å². The minimum atomic E-state index is 0.295. The van der Waals surface area contributed by atoms with Crippen LogP contribution in [0.1, 0.15) is 51.9 Å². The fourth-order valence-corrected chi connectivity index (χ4v) is 3.74. The molecule has 2 fully saturated rings. The third kappa shape index (κ3) is 2.50. The van der Waals surface area contributed by atoms with Crippen LogP contribution in [-0.2, 0) is 4.74 Å². The van der Waals surface area contributed by atoms with Crippen LogP contribution in [0, 0.1) is 11.3 Å². The number of ether oxygens (including phenoxy) is 1. The van der Waals surface area contributed by atoms with E-state index in [0.29, 0.717) is 11.5 Å². The summed E-state index contributed by atoms with van der Waals surface area (Å²) < 4.78 is 5.72. The van der Waals surface area contributed by atoms with Crippen molar-refractivity contribution in [3.63, 3.8) is 0 Å². The van der Waals surface area contributed by atoms with E-state index in [9.17, 15) is 0 Å². The molecule has 88 valence electrons. The van der Waals surface area contributed by atoms with Crippen molar-refractivity contribution in [2.24, 2.45) is 11.3 Å². The van der Waals surface area contributed by atoms with Gasteiger partial charge in [-0.2, -0.15) is 0 Å². The summed E-state index contributed by atoms with van der Waals surface area (Å²) in [6.45, 7) is 3.12. The first-order chi connectivity index (χ1) is 7.27. The Morgan fingerprint density at radius 3 is 2.53 bits per heavy atom. The normalized spacial score (nSPS) is 38.4. The van der Waals surface area contributed by atoms with Crippen molar-refractivity contribution in [2.45, 2.75) is 58.0 Å². The van der Waals surface area contributed by atoms with E-state index < -0.39 is 0 Å². The largest absolute Gasteiger partial charge is 0.378 e. The smallest absolute Gasteiger partial charge is 0.0615 e. The second-order valence-corrected chi connectivity index (χ2v) is 5.73. The molecule has 1 aliphatic heterocycles. The van der Waals surface area contributed by atoms with Crippen LogP contribution in [0.3, 0.4) is 0 Å². The van der Waals surface area contributed by atoms with Crippen LogP contribution < -0.4 is 0 Å².